The first-order chi connectivity index (χ1) is 10.1. The van der Waals surface area contributed by atoms with Gasteiger partial charge in [-0.2, -0.15) is 0 Å². The Morgan fingerprint density at radius 1 is 1.43 bits per heavy atom. The van der Waals surface area contributed by atoms with Crippen LogP contribution >= 0.6 is 15.9 Å². The van der Waals surface area contributed by atoms with Gasteiger partial charge in [0, 0.05) is 5.56 Å². The predicted molar refractivity (Wildman–Crippen MR) is 80.1 cm³/mol. The van der Waals surface area contributed by atoms with Crippen LogP contribution in [0.5, 0.6) is 0 Å². The van der Waals surface area contributed by atoms with Gasteiger partial charge in [-0.25, -0.2) is 14.2 Å². The van der Waals surface area contributed by atoms with Crippen LogP contribution in [0.2, 0.25) is 0 Å². The maximum Gasteiger partial charge on any atom is 0.407 e. The third kappa shape index (κ3) is 4.53. The SMILES string of the molecule is CC(NC(=O)OCc1ccccc1)c1cc(Br)ncc1F. The smallest absolute Gasteiger partial charge is 0.407 e. The van der Waals surface area contributed by atoms with Crippen LogP contribution in [0.15, 0.2) is 47.2 Å². The first-order valence-electron chi connectivity index (χ1n) is 6.34. The number of hydrogen-bond acceptors (Lipinski definition) is 3. The molecule has 0 radical (unpaired) electrons. The van der Waals surface area contributed by atoms with Crippen LogP contribution in [0.1, 0.15) is 24.1 Å². The summed E-state index contributed by atoms with van der Waals surface area (Å²) in [4.78, 5) is 15.5. The highest BCUT2D eigenvalue weighted by molar-refractivity contribution is 9.10. The fourth-order valence-electron chi connectivity index (χ4n) is 1.78. The summed E-state index contributed by atoms with van der Waals surface area (Å²) in [6.45, 7) is 1.84. The average Bonchev–Trinajstić information content (AvgIpc) is 2.48. The molecule has 1 N–H and O–H groups in total. The minimum absolute atomic E-state index is 0.169. The van der Waals surface area contributed by atoms with Crippen molar-refractivity contribution in [3.8, 4) is 0 Å². The van der Waals surface area contributed by atoms with E-state index in [-0.39, 0.29) is 6.61 Å². The Morgan fingerprint density at radius 2 is 2.14 bits per heavy atom. The summed E-state index contributed by atoms with van der Waals surface area (Å²) in [6.07, 6.45) is 0.506. The van der Waals surface area contributed by atoms with Crippen molar-refractivity contribution in [2.45, 2.75) is 19.6 Å². The van der Waals surface area contributed by atoms with Crippen molar-refractivity contribution in [3.05, 3.63) is 64.1 Å². The molecule has 0 aliphatic carbocycles. The van der Waals surface area contributed by atoms with Gasteiger partial charge < -0.3 is 10.1 Å². The highest BCUT2D eigenvalue weighted by atomic mass is 79.9. The first-order valence-corrected chi connectivity index (χ1v) is 7.13. The van der Waals surface area contributed by atoms with Crippen molar-refractivity contribution >= 4 is 22.0 Å². The number of halogens is 2. The van der Waals surface area contributed by atoms with E-state index >= 15 is 0 Å². The highest BCUT2D eigenvalue weighted by Crippen LogP contribution is 2.19. The molecule has 1 atom stereocenters. The Balaban J connectivity index is 1.91. The largest absolute Gasteiger partial charge is 0.445 e. The van der Waals surface area contributed by atoms with E-state index in [4.69, 9.17) is 4.74 Å². The van der Waals surface area contributed by atoms with Gasteiger partial charge in [0.2, 0.25) is 0 Å². The topological polar surface area (TPSA) is 51.2 Å². The molecular weight excluding hydrogens is 339 g/mol. The Labute approximate surface area is 130 Å². The zero-order chi connectivity index (χ0) is 15.2. The molecule has 0 aliphatic rings. The Bertz CT molecular complexity index is 622. The normalized spacial score (nSPS) is 11.8. The molecule has 1 amide bonds. The van der Waals surface area contributed by atoms with Gasteiger partial charge in [-0.15, -0.1) is 0 Å². The third-order valence-corrected chi connectivity index (χ3v) is 3.30. The zero-order valence-electron chi connectivity index (χ0n) is 11.3. The van der Waals surface area contributed by atoms with Gasteiger partial charge in [0.15, 0.2) is 0 Å². The van der Waals surface area contributed by atoms with Gasteiger partial charge >= 0.3 is 6.09 Å². The number of carbonyl (C=O) groups is 1. The first kappa shape index (κ1) is 15.4. The summed E-state index contributed by atoms with van der Waals surface area (Å²) >= 11 is 3.17. The lowest BCUT2D eigenvalue weighted by atomic mass is 10.1. The molecule has 110 valence electrons. The van der Waals surface area contributed by atoms with E-state index in [1.807, 2.05) is 30.3 Å². The van der Waals surface area contributed by atoms with Crippen LogP contribution in [0.3, 0.4) is 0 Å². The summed E-state index contributed by atoms with van der Waals surface area (Å²) < 4.78 is 19.2. The van der Waals surface area contributed by atoms with Gasteiger partial charge in [-0.05, 0) is 34.5 Å². The van der Waals surface area contributed by atoms with Gasteiger partial charge in [0.05, 0.1) is 12.2 Å². The van der Waals surface area contributed by atoms with E-state index in [0.29, 0.717) is 10.2 Å². The minimum Gasteiger partial charge on any atom is -0.445 e. The summed E-state index contributed by atoms with van der Waals surface area (Å²) in [6, 6.07) is 10.3. The molecule has 0 spiro atoms. The number of alkyl carbamates (subject to hydrolysis) is 1. The van der Waals surface area contributed by atoms with E-state index in [9.17, 15) is 9.18 Å². The number of amides is 1. The Hall–Kier alpha value is -1.95. The number of carbonyl (C=O) groups excluding carboxylic acids is 1. The molecule has 21 heavy (non-hydrogen) atoms. The number of aromatic nitrogens is 1. The fraction of sp³-hybridized carbons (Fsp3) is 0.200. The number of benzene rings is 1. The second-order valence-corrected chi connectivity index (χ2v) is 5.27. The lowest BCUT2D eigenvalue weighted by molar-refractivity contribution is 0.136. The highest BCUT2D eigenvalue weighted by Gasteiger charge is 2.15. The molecule has 0 fully saturated rings. The number of rotatable bonds is 4. The van der Waals surface area contributed by atoms with Crippen LogP contribution < -0.4 is 5.32 Å². The second kappa shape index (κ2) is 7.17. The lowest BCUT2D eigenvalue weighted by Gasteiger charge is -2.15. The van der Waals surface area contributed by atoms with E-state index in [1.165, 1.54) is 6.07 Å². The van der Waals surface area contributed by atoms with Gasteiger partial charge in [0.25, 0.3) is 0 Å². The Kier molecular flexibility index (Phi) is 5.27. The van der Waals surface area contributed by atoms with Crippen molar-refractivity contribution in [1.82, 2.24) is 10.3 Å². The molecule has 1 aromatic heterocycles. The Morgan fingerprint density at radius 3 is 2.86 bits per heavy atom. The molecule has 2 rings (SSSR count). The van der Waals surface area contributed by atoms with Crippen LogP contribution in [0, 0.1) is 5.82 Å². The molecule has 1 heterocycles. The van der Waals surface area contributed by atoms with E-state index in [2.05, 4.69) is 26.2 Å². The van der Waals surface area contributed by atoms with Crippen molar-refractivity contribution < 1.29 is 13.9 Å². The van der Waals surface area contributed by atoms with Crippen LogP contribution in [-0.4, -0.2) is 11.1 Å². The molecule has 2 aromatic rings. The van der Waals surface area contributed by atoms with Crippen LogP contribution in [0.4, 0.5) is 9.18 Å². The molecule has 0 saturated heterocycles. The summed E-state index contributed by atoms with van der Waals surface area (Å²) in [7, 11) is 0. The van der Waals surface area contributed by atoms with Crippen molar-refractivity contribution in [1.29, 1.82) is 0 Å². The van der Waals surface area contributed by atoms with Gasteiger partial charge in [-0.1, -0.05) is 30.3 Å². The predicted octanol–water partition coefficient (Wildman–Crippen LogP) is 3.97. The van der Waals surface area contributed by atoms with Crippen molar-refractivity contribution in [2.24, 2.45) is 0 Å². The molecule has 0 saturated carbocycles. The van der Waals surface area contributed by atoms with Gasteiger partial charge in [0.1, 0.15) is 17.0 Å². The molecule has 0 bridgehead atoms. The average molecular weight is 353 g/mol. The van der Waals surface area contributed by atoms with Crippen LogP contribution in [0.25, 0.3) is 0 Å². The number of nitrogens with one attached hydrogen (secondary N) is 1. The summed E-state index contributed by atoms with van der Waals surface area (Å²) in [5.74, 6) is -0.478. The zero-order valence-corrected chi connectivity index (χ0v) is 12.9. The summed E-state index contributed by atoms with van der Waals surface area (Å²) in [5.41, 5.74) is 1.23. The second-order valence-electron chi connectivity index (χ2n) is 4.46. The fourth-order valence-corrected chi connectivity index (χ4v) is 2.13. The summed E-state index contributed by atoms with van der Waals surface area (Å²) in [5, 5.41) is 2.58. The van der Waals surface area contributed by atoms with E-state index in [1.54, 1.807) is 6.92 Å². The van der Waals surface area contributed by atoms with Crippen LogP contribution in [-0.2, 0) is 11.3 Å². The minimum atomic E-state index is -0.598. The molecule has 0 aliphatic heterocycles. The van der Waals surface area contributed by atoms with Gasteiger partial charge in [-0.3, -0.25) is 0 Å². The number of pyridine rings is 1. The van der Waals surface area contributed by atoms with E-state index < -0.39 is 18.0 Å². The standard InChI is InChI=1S/C15H14BrFN2O2/c1-10(12-7-14(16)18-8-13(12)17)19-15(20)21-9-11-5-3-2-4-6-11/h2-8,10H,9H2,1H3,(H,19,20). The molecule has 1 aromatic carbocycles. The number of hydrogen-bond donors (Lipinski definition) is 1. The quantitative estimate of drug-likeness (QED) is 0.847. The van der Waals surface area contributed by atoms with E-state index in [0.717, 1.165) is 11.8 Å². The monoisotopic (exact) mass is 352 g/mol. The maximum atomic E-state index is 13.6. The third-order valence-electron chi connectivity index (χ3n) is 2.87. The molecule has 4 nitrogen and oxygen atoms in total. The number of nitrogens with zero attached hydrogens (tertiary/aromatic N) is 1. The van der Waals surface area contributed by atoms with Crippen molar-refractivity contribution in [2.75, 3.05) is 0 Å². The lowest BCUT2D eigenvalue weighted by Crippen LogP contribution is -2.28. The number of ether oxygens (including phenoxy) is 1. The molecule has 6 heteroatoms. The molecular formula is C15H14BrFN2O2. The maximum absolute atomic E-state index is 13.6. The van der Waals surface area contributed by atoms with Crippen molar-refractivity contribution in [3.63, 3.8) is 0 Å². The molecule has 1 unspecified atom stereocenters.